The molecule has 1 heterocycles. The van der Waals surface area contributed by atoms with Gasteiger partial charge in [-0.3, -0.25) is 25.0 Å². The van der Waals surface area contributed by atoms with Gasteiger partial charge in [0, 0.05) is 23.1 Å². The van der Waals surface area contributed by atoms with E-state index in [0.717, 1.165) is 11.3 Å². The number of amides is 1. The number of nitrogens with zero attached hydrogens (tertiary/aromatic N) is 2. The van der Waals surface area contributed by atoms with Gasteiger partial charge in [0.25, 0.3) is 11.6 Å². The molecule has 1 atom stereocenters. The van der Waals surface area contributed by atoms with E-state index in [1.807, 2.05) is 0 Å². The van der Waals surface area contributed by atoms with Crippen LogP contribution in [0, 0.1) is 15.9 Å². The van der Waals surface area contributed by atoms with E-state index in [9.17, 15) is 24.1 Å². The molecule has 3 rings (SSSR count). The van der Waals surface area contributed by atoms with Gasteiger partial charge in [-0.05, 0) is 18.6 Å². The van der Waals surface area contributed by atoms with Gasteiger partial charge in [0.1, 0.15) is 5.82 Å². The highest BCUT2D eigenvalue weighted by Gasteiger charge is 2.20. The van der Waals surface area contributed by atoms with Crippen molar-refractivity contribution in [2.24, 2.45) is 0 Å². The van der Waals surface area contributed by atoms with Gasteiger partial charge >= 0.3 is 5.97 Å². The highest BCUT2D eigenvalue weighted by Crippen LogP contribution is 2.27. The lowest BCUT2D eigenvalue weighted by Gasteiger charge is -2.12. The van der Waals surface area contributed by atoms with Crippen LogP contribution in [-0.4, -0.2) is 27.9 Å². The third kappa shape index (κ3) is 5.23. The molecule has 30 heavy (non-hydrogen) atoms. The smallest absolute Gasteiger partial charge is 0.311 e. The van der Waals surface area contributed by atoms with E-state index in [1.54, 1.807) is 23.6 Å². The summed E-state index contributed by atoms with van der Waals surface area (Å²) in [6, 6.07) is 11.8. The molecule has 10 heteroatoms. The van der Waals surface area contributed by atoms with Crippen molar-refractivity contribution in [2.45, 2.75) is 19.4 Å². The maximum absolute atomic E-state index is 13.6. The fourth-order valence-electron chi connectivity index (χ4n) is 2.54. The second-order valence-corrected chi connectivity index (χ2v) is 7.09. The molecule has 0 fully saturated rings. The zero-order chi connectivity index (χ0) is 21.7. The molecule has 1 N–H and O–H groups in total. The average Bonchev–Trinajstić information content (AvgIpc) is 3.18. The molecule has 2 aromatic carbocycles. The Kier molecular flexibility index (Phi) is 6.48. The molecule has 0 aliphatic rings. The van der Waals surface area contributed by atoms with Crippen molar-refractivity contribution in [3.8, 4) is 11.3 Å². The van der Waals surface area contributed by atoms with Crippen LogP contribution in [0.2, 0.25) is 0 Å². The number of nitro groups is 1. The summed E-state index contributed by atoms with van der Waals surface area (Å²) in [6.45, 7) is 1.39. The molecule has 1 unspecified atom stereocenters. The number of anilines is 1. The zero-order valence-electron chi connectivity index (χ0n) is 15.7. The number of esters is 1. The summed E-state index contributed by atoms with van der Waals surface area (Å²) in [6.07, 6.45) is -1.41. The number of carbonyl (C=O) groups is 2. The Morgan fingerprint density at radius 3 is 2.77 bits per heavy atom. The minimum atomic E-state index is -1.12. The number of carbonyl (C=O) groups excluding carboxylic acids is 2. The molecule has 154 valence electrons. The Morgan fingerprint density at radius 1 is 1.27 bits per heavy atom. The van der Waals surface area contributed by atoms with Crippen LogP contribution < -0.4 is 5.32 Å². The van der Waals surface area contributed by atoms with Gasteiger partial charge in [-0.1, -0.05) is 30.3 Å². The highest BCUT2D eigenvalue weighted by atomic mass is 32.1. The highest BCUT2D eigenvalue weighted by molar-refractivity contribution is 7.14. The van der Waals surface area contributed by atoms with Gasteiger partial charge < -0.3 is 4.74 Å². The Labute approximate surface area is 174 Å². The Morgan fingerprint density at radius 2 is 2.03 bits per heavy atom. The Hall–Kier alpha value is -3.66. The normalized spacial score (nSPS) is 11.5. The number of nitro benzene ring substituents is 1. The van der Waals surface area contributed by atoms with Gasteiger partial charge in [0.05, 0.1) is 17.0 Å². The predicted octanol–water partition coefficient (Wildman–Crippen LogP) is 3.97. The first-order valence-electron chi connectivity index (χ1n) is 8.77. The summed E-state index contributed by atoms with van der Waals surface area (Å²) in [4.78, 5) is 38.9. The Bertz CT molecular complexity index is 1100. The van der Waals surface area contributed by atoms with Gasteiger partial charge in [-0.2, -0.15) is 0 Å². The SMILES string of the molecule is CC(OC(=O)Cc1ccccc1F)C(=O)Nc1nc(-c2cccc([N+](=O)[O-])c2)cs1. The Balaban J connectivity index is 1.59. The third-order valence-electron chi connectivity index (χ3n) is 4.06. The van der Waals surface area contributed by atoms with Gasteiger partial charge in [-0.15, -0.1) is 11.3 Å². The fourth-order valence-corrected chi connectivity index (χ4v) is 3.26. The van der Waals surface area contributed by atoms with Crippen LogP contribution in [0.1, 0.15) is 12.5 Å². The van der Waals surface area contributed by atoms with Crippen molar-refractivity contribution in [2.75, 3.05) is 5.32 Å². The molecule has 0 spiro atoms. The van der Waals surface area contributed by atoms with Crippen LogP contribution in [0.25, 0.3) is 11.3 Å². The molecule has 8 nitrogen and oxygen atoms in total. The maximum Gasteiger partial charge on any atom is 0.311 e. The number of ether oxygens (including phenoxy) is 1. The number of thiazole rings is 1. The first kappa shape index (κ1) is 21.1. The van der Waals surface area contributed by atoms with Crippen LogP contribution in [-0.2, 0) is 20.7 Å². The summed E-state index contributed by atoms with van der Waals surface area (Å²) >= 11 is 1.12. The maximum atomic E-state index is 13.6. The molecule has 0 aliphatic heterocycles. The molecule has 0 saturated heterocycles. The number of non-ortho nitro benzene ring substituents is 1. The van der Waals surface area contributed by atoms with Crippen LogP contribution in [0.5, 0.6) is 0 Å². The number of aromatic nitrogens is 1. The van der Waals surface area contributed by atoms with Crippen LogP contribution in [0.4, 0.5) is 15.2 Å². The summed E-state index contributed by atoms with van der Waals surface area (Å²) in [5.74, 6) is -1.86. The van der Waals surface area contributed by atoms with Crippen molar-refractivity contribution in [3.63, 3.8) is 0 Å². The largest absolute Gasteiger partial charge is 0.452 e. The minimum absolute atomic E-state index is 0.0681. The average molecular weight is 429 g/mol. The number of halogens is 1. The predicted molar refractivity (Wildman–Crippen MR) is 108 cm³/mol. The van der Waals surface area contributed by atoms with Crippen molar-refractivity contribution in [1.82, 2.24) is 4.98 Å². The van der Waals surface area contributed by atoms with E-state index < -0.39 is 28.7 Å². The first-order valence-corrected chi connectivity index (χ1v) is 9.65. The van der Waals surface area contributed by atoms with Crippen LogP contribution in [0.15, 0.2) is 53.9 Å². The van der Waals surface area contributed by atoms with Crippen molar-refractivity contribution < 1.29 is 23.6 Å². The number of hydrogen-bond acceptors (Lipinski definition) is 7. The lowest BCUT2D eigenvalue weighted by atomic mass is 10.1. The van der Waals surface area contributed by atoms with Crippen molar-refractivity contribution in [1.29, 1.82) is 0 Å². The lowest BCUT2D eigenvalue weighted by Crippen LogP contribution is -2.30. The molecule has 1 amide bonds. The van der Waals surface area contributed by atoms with Crippen LogP contribution >= 0.6 is 11.3 Å². The molecule has 0 aliphatic carbocycles. The summed E-state index contributed by atoms with van der Waals surface area (Å²) in [5.41, 5.74) is 1.10. The standard InChI is InChI=1S/C20H16FN3O5S/c1-12(29-18(25)10-13-5-2-3-8-16(13)21)19(26)23-20-22-17(11-30-20)14-6-4-7-15(9-14)24(27)28/h2-9,11-12H,10H2,1H3,(H,22,23,26). The molecule has 3 aromatic rings. The van der Waals surface area contributed by atoms with Crippen molar-refractivity contribution in [3.05, 3.63) is 75.4 Å². The van der Waals surface area contributed by atoms with Crippen LogP contribution in [0.3, 0.4) is 0 Å². The third-order valence-corrected chi connectivity index (χ3v) is 4.81. The quantitative estimate of drug-likeness (QED) is 0.346. The molecule has 0 saturated carbocycles. The van der Waals surface area contributed by atoms with E-state index in [0.29, 0.717) is 11.3 Å². The number of benzene rings is 2. The second-order valence-electron chi connectivity index (χ2n) is 6.23. The van der Waals surface area contributed by atoms with E-state index in [4.69, 9.17) is 4.74 Å². The van der Waals surface area contributed by atoms with E-state index >= 15 is 0 Å². The van der Waals surface area contributed by atoms with Crippen molar-refractivity contribution >= 4 is 34.0 Å². The number of rotatable bonds is 7. The van der Waals surface area contributed by atoms with E-state index in [1.165, 1.54) is 37.3 Å². The fraction of sp³-hybridized carbons (Fsp3) is 0.150. The number of nitrogens with one attached hydrogen (secondary N) is 1. The molecule has 1 aromatic heterocycles. The topological polar surface area (TPSA) is 111 Å². The zero-order valence-corrected chi connectivity index (χ0v) is 16.5. The summed E-state index contributed by atoms with van der Waals surface area (Å²) < 4.78 is 18.7. The minimum Gasteiger partial charge on any atom is -0.452 e. The monoisotopic (exact) mass is 429 g/mol. The second kappa shape index (κ2) is 9.23. The van der Waals surface area contributed by atoms with E-state index in [-0.39, 0.29) is 22.8 Å². The van der Waals surface area contributed by atoms with Gasteiger partial charge in [0.15, 0.2) is 11.2 Å². The van der Waals surface area contributed by atoms with Gasteiger partial charge in [-0.25, -0.2) is 9.37 Å². The number of hydrogen-bond donors (Lipinski definition) is 1. The molecule has 0 radical (unpaired) electrons. The van der Waals surface area contributed by atoms with Gasteiger partial charge in [0.2, 0.25) is 0 Å². The lowest BCUT2D eigenvalue weighted by molar-refractivity contribution is -0.384. The molecular formula is C20H16FN3O5S. The molecule has 0 bridgehead atoms. The first-order chi connectivity index (χ1) is 14.3. The summed E-state index contributed by atoms with van der Waals surface area (Å²) in [7, 11) is 0. The molecular weight excluding hydrogens is 413 g/mol. The van der Waals surface area contributed by atoms with E-state index in [2.05, 4.69) is 10.3 Å². The summed E-state index contributed by atoms with van der Waals surface area (Å²) in [5, 5.41) is 15.3.